The molecule has 1 N–H and O–H groups in total. The van der Waals surface area contributed by atoms with Gasteiger partial charge in [-0.15, -0.1) is 0 Å². The number of hydrogen-bond acceptors (Lipinski definition) is 4. The fourth-order valence-electron chi connectivity index (χ4n) is 4.90. The summed E-state index contributed by atoms with van der Waals surface area (Å²) in [5.74, 6) is 0.362. The van der Waals surface area contributed by atoms with E-state index in [9.17, 15) is 13.2 Å². The number of hydrogen-bond donors (Lipinski definition) is 1. The van der Waals surface area contributed by atoms with Crippen LogP contribution in [0.3, 0.4) is 0 Å². The highest BCUT2D eigenvalue weighted by atomic mass is 35.5. The lowest BCUT2D eigenvalue weighted by atomic mass is 9.85. The molecular formula is C29H33ClN2O3S. The van der Waals surface area contributed by atoms with Gasteiger partial charge in [-0.1, -0.05) is 62.7 Å². The fraction of sp³-hybridized carbons (Fsp3) is 0.345. The molecule has 0 bridgehead atoms. The maximum atomic E-state index is 12.9. The van der Waals surface area contributed by atoms with Crippen molar-refractivity contribution in [2.75, 3.05) is 12.3 Å². The van der Waals surface area contributed by atoms with Crippen LogP contribution in [-0.4, -0.2) is 31.5 Å². The normalized spacial score (nSPS) is 16.1. The Labute approximate surface area is 219 Å². The number of benzene rings is 3. The maximum Gasteiger partial charge on any atom is 0.251 e. The van der Waals surface area contributed by atoms with E-state index in [1.54, 1.807) is 31.2 Å². The van der Waals surface area contributed by atoms with Crippen molar-refractivity contribution in [3.05, 3.63) is 99.6 Å². The number of carbonyl (C=O) groups is 1. The number of sulfone groups is 1. The summed E-state index contributed by atoms with van der Waals surface area (Å²) in [6.45, 7) is 8.24. The molecule has 0 saturated carbocycles. The molecule has 7 heteroatoms. The molecule has 3 aromatic carbocycles. The van der Waals surface area contributed by atoms with Crippen molar-refractivity contribution in [1.82, 2.24) is 10.2 Å². The van der Waals surface area contributed by atoms with E-state index in [1.165, 1.54) is 16.7 Å². The Bertz CT molecular complexity index is 1320. The third-order valence-electron chi connectivity index (χ3n) is 6.83. The van der Waals surface area contributed by atoms with Crippen LogP contribution in [0.25, 0.3) is 0 Å². The molecule has 0 fully saturated rings. The molecular weight excluding hydrogens is 492 g/mol. The second-order valence-corrected chi connectivity index (χ2v) is 12.4. The minimum atomic E-state index is -3.23. The third kappa shape index (κ3) is 6.00. The van der Waals surface area contributed by atoms with Crippen LogP contribution in [0.5, 0.6) is 0 Å². The molecule has 1 atom stereocenters. The lowest BCUT2D eigenvalue weighted by molar-refractivity contribution is 0.0950. The smallest absolute Gasteiger partial charge is 0.251 e. The van der Waals surface area contributed by atoms with Crippen molar-refractivity contribution < 1.29 is 13.2 Å². The number of fused-ring (bicyclic) bond motifs is 1. The predicted octanol–water partition coefficient (Wildman–Crippen LogP) is 5.82. The van der Waals surface area contributed by atoms with Crippen LogP contribution in [0.15, 0.2) is 71.6 Å². The second kappa shape index (κ2) is 11.2. The first kappa shape index (κ1) is 26.4. The van der Waals surface area contributed by atoms with Gasteiger partial charge in [-0.05, 0) is 71.0 Å². The van der Waals surface area contributed by atoms with Gasteiger partial charge in [0.1, 0.15) is 0 Å². The lowest BCUT2D eigenvalue weighted by Crippen LogP contribution is -2.38. The number of halogens is 1. The second-order valence-electron chi connectivity index (χ2n) is 9.68. The van der Waals surface area contributed by atoms with Gasteiger partial charge >= 0.3 is 0 Å². The highest BCUT2D eigenvalue weighted by Crippen LogP contribution is 2.36. The van der Waals surface area contributed by atoms with E-state index in [0.717, 1.165) is 30.1 Å². The zero-order valence-electron chi connectivity index (χ0n) is 21.0. The van der Waals surface area contributed by atoms with Gasteiger partial charge in [-0.25, -0.2) is 8.42 Å². The van der Waals surface area contributed by atoms with Crippen molar-refractivity contribution in [2.24, 2.45) is 5.92 Å². The predicted molar refractivity (Wildman–Crippen MR) is 145 cm³/mol. The molecule has 0 aliphatic carbocycles. The van der Waals surface area contributed by atoms with E-state index >= 15 is 0 Å². The van der Waals surface area contributed by atoms with E-state index in [1.807, 2.05) is 24.3 Å². The molecule has 1 heterocycles. The third-order valence-corrected chi connectivity index (χ3v) is 8.83. The van der Waals surface area contributed by atoms with Crippen molar-refractivity contribution >= 4 is 27.3 Å². The van der Waals surface area contributed by atoms with Crippen LogP contribution in [0.2, 0.25) is 5.02 Å². The Morgan fingerprint density at radius 3 is 2.33 bits per heavy atom. The first-order valence-corrected chi connectivity index (χ1v) is 14.4. The molecule has 0 saturated heterocycles. The van der Waals surface area contributed by atoms with Gasteiger partial charge in [0.15, 0.2) is 9.84 Å². The van der Waals surface area contributed by atoms with Gasteiger partial charge in [0.2, 0.25) is 0 Å². The SMILES string of the molecule is CCS(=O)(=O)c1ccc(CNC(=O)c2ccc3c(c2)CCN(Cc2ccc(Cl)cc2)[C@H]3C(C)C)cc1. The fourth-order valence-corrected chi connectivity index (χ4v) is 5.91. The standard InChI is InChI=1S/C29H33ClN2O3S/c1-4-36(34,35)26-12-7-21(8-13-26)18-31-29(33)24-9-14-27-23(17-24)15-16-32(28(27)20(2)3)19-22-5-10-25(30)11-6-22/h5-14,17,20,28H,4,15-16,18-19H2,1-3H3,(H,31,33)/t28-/m0/s1. The summed E-state index contributed by atoms with van der Waals surface area (Å²) in [7, 11) is -3.23. The highest BCUT2D eigenvalue weighted by Gasteiger charge is 2.30. The van der Waals surface area contributed by atoms with Crippen LogP contribution in [0.1, 0.15) is 59.4 Å². The average molecular weight is 525 g/mol. The lowest BCUT2D eigenvalue weighted by Gasteiger charge is -2.40. The van der Waals surface area contributed by atoms with Crippen molar-refractivity contribution in [2.45, 2.75) is 51.2 Å². The molecule has 1 aliphatic rings. The minimum Gasteiger partial charge on any atom is -0.348 e. The summed E-state index contributed by atoms with van der Waals surface area (Å²) in [6, 6.07) is 21.0. The van der Waals surface area contributed by atoms with Crippen molar-refractivity contribution in [3.63, 3.8) is 0 Å². The van der Waals surface area contributed by atoms with Crippen LogP contribution in [-0.2, 0) is 29.3 Å². The summed E-state index contributed by atoms with van der Waals surface area (Å²) in [5.41, 5.74) is 5.25. The molecule has 4 rings (SSSR count). The number of rotatable bonds is 8. The number of amides is 1. The van der Waals surface area contributed by atoms with Crippen LogP contribution < -0.4 is 5.32 Å². The minimum absolute atomic E-state index is 0.0674. The quantitative estimate of drug-likeness (QED) is 0.403. The zero-order valence-corrected chi connectivity index (χ0v) is 22.6. The average Bonchev–Trinajstić information content (AvgIpc) is 2.88. The molecule has 5 nitrogen and oxygen atoms in total. The van der Waals surface area contributed by atoms with E-state index < -0.39 is 9.84 Å². The van der Waals surface area contributed by atoms with E-state index in [4.69, 9.17) is 11.6 Å². The van der Waals surface area contributed by atoms with Gasteiger partial charge in [-0.3, -0.25) is 9.69 Å². The van der Waals surface area contributed by atoms with E-state index in [0.29, 0.717) is 22.9 Å². The highest BCUT2D eigenvalue weighted by molar-refractivity contribution is 7.91. The zero-order chi connectivity index (χ0) is 25.9. The number of nitrogens with zero attached hydrogens (tertiary/aromatic N) is 1. The summed E-state index contributed by atoms with van der Waals surface area (Å²) in [6.07, 6.45) is 0.890. The van der Waals surface area contributed by atoms with Gasteiger partial charge in [-0.2, -0.15) is 0 Å². The Morgan fingerprint density at radius 2 is 1.69 bits per heavy atom. The van der Waals surface area contributed by atoms with E-state index in [-0.39, 0.29) is 17.7 Å². The summed E-state index contributed by atoms with van der Waals surface area (Å²) in [5, 5.41) is 3.71. The molecule has 1 aliphatic heterocycles. The van der Waals surface area contributed by atoms with E-state index in [2.05, 4.69) is 42.3 Å². The molecule has 0 unspecified atom stereocenters. The van der Waals surface area contributed by atoms with Crippen molar-refractivity contribution in [1.29, 1.82) is 0 Å². The van der Waals surface area contributed by atoms with Crippen molar-refractivity contribution in [3.8, 4) is 0 Å². The first-order chi connectivity index (χ1) is 17.2. The van der Waals surface area contributed by atoms with Crippen LogP contribution >= 0.6 is 11.6 Å². The van der Waals surface area contributed by atoms with Gasteiger partial charge in [0, 0.05) is 36.3 Å². The monoisotopic (exact) mass is 524 g/mol. The van der Waals surface area contributed by atoms with Gasteiger partial charge in [0.05, 0.1) is 10.6 Å². The molecule has 1 amide bonds. The number of carbonyl (C=O) groups excluding carboxylic acids is 1. The topological polar surface area (TPSA) is 66.5 Å². The molecule has 36 heavy (non-hydrogen) atoms. The molecule has 0 spiro atoms. The van der Waals surface area contributed by atoms with Gasteiger partial charge in [0.25, 0.3) is 5.91 Å². The number of nitrogens with one attached hydrogen (secondary N) is 1. The Morgan fingerprint density at radius 1 is 1.03 bits per heavy atom. The Balaban J connectivity index is 1.45. The Hall–Kier alpha value is -2.67. The van der Waals surface area contributed by atoms with Crippen LogP contribution in [0, 0.1) is 5.92 Å². The molecule has 0 radical (unpaired) electrons. The molecule has 190 valence electrons. The van der Waals surface area contributed by atoms with Crippen LogP contribution in [0.4, 0.5) is 0 Å². The van der Waals surface area contributed by atoms with Gasteiger partial charge < -0.3 is 5.32 Å². The summed E-state index contributed by atoms with van der Waals surface area (Å²) >= 11 is 6.06. The molecule has 0 aromatic heterocycles. The Kier molecular flexibility index (Phi) is 8.18. The first-order valence-electron chi connectivity index (χ1n) is 12.4. The summed E-state index contributed by atoms with van der Waals surface area (Å²) < 4.78 is 24.0. The molecule has 3 aromatic rings. The maximum absolute atomic E-state index is 12.9. The largest absolute Gasteiger partial charge is 0.348 e. The summed E-state index contributed by atoms with van der Waals surface area (Å²) in [4.78, 5) is 15.7.